The lowest BCUT2D eigenvalue weighted by Crippen LogP contribution is -2.48. The Kier molecular flexibility index (Phi) is 7.61. The van der Waals surface area contributed by atoms with Crippen molar-refractivity contribution in [2.75, 3.05) is 7.11 Å². The van der Waals surface area contributed by atoms with E-state index in [0.717, 1.165) is 17.3 Å². The molecule has 0 fully saturated rings. The number of carbonyl (C=O) groups excluding carboxylic acids is 2. The van der Waals surface area contributed by atoms with E-state index in [1.165, 1.54) is 13.2 Å². The number of benzene rings is 1. The summed E-state index contributed by atoms with van der Waals surface area (Å²) in [7, 11) is 1.28. The third kappa shape index (κ3) is 6.74. The minimum Gasteiger partial charge on any atom is -0.469 e. The number of amides is 1. The second-order valence-electron chi connectivity index (χ2n) is 7.64. The fraction of sp³-hybridized carbons (Fsp3) is 0.429. The molecule has 0 saturated heterocycles. The molecule has 1 N–H and O–H groups in total. The van der Waals surface area contributed by atoms with E-state index in [0.29, 0.717) is 17.4 Å². The van der Waals surface area contributed by atoms with Crippen LogP contribution in [0.15, 0.2) is 46.3 Å². The van der Waals surface area contributed by atoms with Crippen molar-refractivity contribution in [3.8, 4) is 0 Å². The van der Waals surface area contributed by atoms with Gasteiger partial charge in [-0.05, 0) is 33.3 Å². The number of hydrogen-bond acceptors (Lipinski definition) is 6. The summed E-state index contributed by atoms with van der Waals surface area (Å²) in [5.74, 6) is -0.544. The van der Waals surface area contributed by atoms with E-state index in [1.54, 1.807) is 6.92 Å². The summed E-state index contributed by atoms with van der Waals surface area (Å²) in [6, 6.07) is 11.1. The molecule has 2 aromatic rings. The van der Waals surface area contributed by atoms with Gasteiger partial charge in [-0.1, -0.05) is 42.1 Å². The van der Waals surface area contributed by atoms with E-state index in [1.807, 2.05) is 56.0 Å². The summed E-state index contributed by atoms with van der Waals surface area (Å²) in [4.78, 5) is 45.3. The van der Waals surface area contributed by atoms with Crippen LogP contribution < -0.4 is 5.56 Å². The molecule has 7 nitrogen and oxygen atoms in total. The molecule has 0 spiro atoms. The maximum absolute atomic E-state index is 13.2. The highest BCUT2D eigenvalue weighted by Gasteiger charge is 2.30. The number of ether oxygens (including phenoxy) is 1. The van der Waals surface area contributed by atoms with Gasteiger partial charge in [0.25, 0.3) is 5.56 Å². The number of aromatic nitrogens is 2. The maximum Gasteiger partial charge on any atom is 0.311 e. The van der Waals surface area contributed by atoms with Crippen LogP contribution in [0.2, 0.25) is 0 Å². The van der Waals surface area contributed by atoms with Gasteiger partial charge in [-0.25, -0.2) is 4.98 Å². The van der Waals surface area contributed by atoms with E-state index in [4.69, 9.17) is 0 Å². The number of thioether (sulfide) groups is 1. The Morgan fingerprint density at radius 2 is 1.90 bits per heavy atom. The highest BCUT2D eigenvalue weighted by atomic mass is 32.2. The monoisotopic (exact) mass is 417 g/mol. The van der Waals surface area contributed by atoms with Gasteiger partial charge in [-0.15, -0.1) is 0 Å². The van der Waals surface area contributed by atoms with Gasteiger partial charge in [0.15, 0.2) is 5.16 Å². The van der Waals surface area contributed by atoms with Crippen molar-refractivity contribution >= 4 is 23.6 Å². The van der Waals surface area contributed by atoms with E-state index >= 15 is 0 Å². The molecule has 29 heavy (non-hydrogen) atoms. The molecule has 1 heterocycles. The third-order valence-electron chi connectivity index (χ3n) is 4.22. The Hall–Kier alpha value is -2.61. The highest BCUT2D eigenvalue weighted by Crippen LogP contribution is 2.25. The zero-order valence-electron chi connectivity index (χ0n) is 17.4. The molecule has 1 amide bonds. The van der Waals surface area contributed by atoms with Gasteiger partial charge in [-0.2, -0.15) is 0 Å². The third-order valence-corrected chi connectivity index (χ3v) is 5.19. The molecule has 0 unspecified atom stereocenters. The molecule has 0 bridgehead atoms. The van der Waals surface area contributed by atoms with Crippen LogP contribution in [0.5, 0.6) is 0 Å². The summed E-state index contributed by atoms with van der Waals surface area (Å²) in [6.07, 6.45) is -0.0988. The number of carbonyl (C=O) groups is 2. The molecule has 2 rings (SSSR count). The molecule has 0 aliphatic carbocycles. The van der Waals surface area contributed by atoms with E-state index < -0.39 is 11.2 Å². The quantitative estimate of drug-likeness (QED) is 0.423. The van der Waals surface area contributed by atoms with Gasteiger partial charge in [-0.3, -0.25) is 14.4 Å². The van der Waals surface area contributed by atoms with Gasteiger partial charge in [0.05, 0.1) is 24.5 Å². The first-order chi connectivity index (χ1) is 13.6. The van der Waals surface area contributed by atoms with E-state index in [-0.39, 0.29) is 23.4 Å². The predicted octanol–water partition coefficient (Wildman–Crippen LogP) is 2.79. The standard InChI is InChI=1S/C21H27N3O4S/c1-14(29-20-22-16(11-17(25)23-20)12-18(26)28-5)19(27)24(21(2,3)4)13-15-9-7-6-8-10-15/h6-11,14H,12-13H2,1-5H3,(H,22,23,25)/t14-/m0/s1. The minimum absolute atomic E-state index is 0.0626. The fourth-order valence-corrected chi connectivity index (χ4v) is 3.59. The molecule has 1 aromatic carbocycles. The van der Waals surface area contributed by atoms with Gasteiger partial charge in [0.1, 0.15) is 0 Å². The number of esters is 1. The fourth-order valence-electron chi connectivity index (χ4n) is 2.70. The van der Waals surface area contributed by atoms with Gasteiger partial charge < -0.3 is 14.6 Å². The number of hydrogen-bond donors (Lipinski definition) is 1. The van der Waals surface area contributed by atoms with Crippen LogP contribution in [-0.4, -0.2) is 44.6 Å². The summed E-state index contributed by atoms with van der Waals surface area (Å²) >= 11 is 1.16. The Bertz CT molecular complexity index is 906. The number of aromatic amines is 1. The molecule has 1 atom stereocenters. The molecule has 0 saturated carbocycles. The van der Waals surface area contributed by atoms with Crippen molar-refractivity contribution in [3.63, 3.8) is 0 Å². The predicted molar refractivity (Wildman–Crippen MR) is 113 cm³/mol. The average molecular weight is 418 g/mol. The number of nitrogens with zero attached hydrogens (tertiary/aromatic N) is 2. The Labute approximate surface area is 174 Å². The van der Waals surface area contributed by atoms with Gasteiger partial charge in [0.2, 0.25) is 5.91 Å². The molecular formula is C21H27N3O4S. The first kappa shape index (κ1) is 22.7. The molecule has 0 aliphatic heterocycles. The first-order valence-corrected chi connectivity index (χ1v) is 10.2. The summed E-state index contributed by atoms with van der Waals surface area (Å²) in [5, 5.41) is -0.180. The van der Waals surface area contributed by atoms with E-state index in [9.17, 15) is 14.4 Å². The lowest BCUT2D eigenvalue weighted by molar-refractivity contribution is -0.140. The summed E-state index contributed by atoms with van der Waals surface area (Å²) < 4.78 is 4.62. The lowest BCUT2D eigenvalue weighted by Gasteiger charge is -2.37. The number of nitrogens with one attached hydrogen (secondary N) is 1. The van der Waals surface area contributed by atoms with Crippen LogP contribution in [0, 0.1) is 0 Å². The molecule has 8 heteroatoms. The first-order valence-electron chi connectivity index (χ1n) is 9.29. The SMILES string of the molecule is COC(=O)Cc1cc(=O)[nH]c(S[C@@H](C)C(=O)N(Cc2ccccc2)C(C)(C)C)n1. The largest absolute Gasteiger partial charge is 0.469 e. The van der Waals surface area contributed by atoms with Crippen molar-refractivity contribution in [1.82, 2.24) is 14.9 Å². The zero-order chi connectivity index (χ0) is 21.6. The molecule has 0 radical (unpaired) electrons. The molecule has 0 aliphatic rings. The Morgan fingerprint density at radius 3 is 2.48 bits per heavy atom. The summed E-state index contributed by atoms with van der Waals surface area (Å²) in [6.45, 7) is 8.23. The number of H-pyrrole nitrogens is 1. The van der Waals surface area contributed by atoms with Crippen molar-refractivity contribution in [3.05, 3.63) is 58.0 Å². The second kappa shape index (κ2) is 9.73. The Morgan fingerprint density at radius 1 is 1.24 bits per heavy atom. The topological polar surface area (TPSA) is 92.4 Å². The number of rotatable bonds is 7. The minimum atomic E-state index is -0.482. The number of methoxy groups -OCH3 is 1. The van der Waals surface area contributed by atoms with Crippen molar-refractivity contribution in [2.24, 2.45) is 0 Å². The van der Waals surface area contributed by atoms with Crippen molar-refractivity contribution in [2.45, 2.75) is 56.6 Å². The van der Waals surface area contributed by atoms with Crippen LogP contribution in [0.1, 0.15) is 39.0 Å². The maximum atomic E-state index is 13.2. The summed E-state index contributed by atoms with van der Waals surface area (Å²) in [5.41, 5.74) is 0.590. The van der Waals surface area contributed by atoms with Crippen molar-refractivity contribution < 1.29 is 14.3 Å². The second-order valence-corrected chi connectivity index (χ2v) is 8.97. The molecule has 1 aromatic heterocycles. The highest BCUT2D eigenvalue weighted by molar-refractivity contribution is 8.00. The zero-order valence-corrected chi connectivity index (χ0v) is 18.2. The van der Waals surface area contributed by atoms with Crippen molar-refractivity contribution in [1.29, 1.82) is 0 Å². The van der Waals surface area contributed by atoms with Crippen LogP contribution in [-0.2, 0) is 27.3 Å². The van der Waals surface area contributed by atoms with Crippen LogP contribution in [0.3, 0.4) is 0 Å². The molecule has 156 valence electrons. The molecular weight excluding hydrogens is 390 g/mol. The smallest absolute Gasteiger partial charge is 0.311 e. The van der Waals surface area contributed by atoms with Gasteiger partial charge in [0, 0.05) is 18.2 Å². The normalized spacial score (nSPS) is 12.3. The lowest BCUT2D eigenvalue weighted by atomic mass is 10.0. The average Bonchev–Trinajstić information content (AvgIpc) is 2.64. The van der Waals surface area contributed by atoms with Crippen LogP contribution in [0.25, 0.3) is 0 Å². The van der Waals surface area contributed by atoms with E-state index in [2.05, 4.69) is 14.7 Å². The van der Waals surface area contributed by atoms with Gasteiger partial charge >= 0.3 is 5.97 Å². The van der Waals surface area contributed by atoms with Crippen LogP contribution in [0.4, 0.5) is 0 Å². The Balaban J connectivity index is 2.19. The van der Waals surface area contributed by atoms with Crippen LogP contribution >= 0.6 is 11.8 Å².